The van der Waals surface area contributed by atoms with Crippen LogP contribution in [-0.4, -0.2) is 20.3 Å². The van der Waals surface area contributed by atoms with Gasteiger partial charge in [0.15, 0.2) is 0 Å². The van der Waals surface area contributed by atoms with Crippen LogP contribution in [0.3, 0.4) is 0 Å². The highest BCUT2D eigenvalue weighted by Crippen LogP contribution is 2.18. The van der Waals surface area contributed by atoms with Crippen molar-refractivity contribution in [1.29, 1.82) is 5.26 Å². The van der Waals surface area contributed by atoms with Crippen LogP contribution in [-0.2, 0) is 14.8 Å². The Morgan fingerprint density at radius 2 is 1.56 bits per heavy atom. The summed E-state index contributed by atoms with van der Waals surface area (Å²) in [6.07, 6.45) is 1.37. The number of carbonyl (C=O) groups excluding carboxylic acids is 2. The number of esters is 1. The summed E-state index contributed by atoms with van der Waals surface area (Å²) in [4.78, 5) is 24.4. The van der Waals surface area contributed by atoms with Gasteiger partial charge in [-0.1, -0.05) is 30.3 Å². The minimum atomic E-state index is -3.84. The third-order valence-corrected chi connectivity index (χ3v) is 5.15. The second-order valence-corrected chi connectivity index (χ2v) is 8.08. The van der Waals surface area contributed by atoms with Gasteiger partial charge in [-0.3, -0.25) is 4.79 Å². The van der Waals surface area contributed by atoms with Crippen molar-refractivity contribution < 1.29 is 22.7 Å². The van der Waals surface area contributed by atoms with E-state index in [1.165, 1.54) is 30.3 Å². The number of carbonyl (C=O) groups is 2. The molecule has 0 heterocycles. The molecular formula is C23H17N3O5S. The number of nitrogens with two attached hydrogens (primary N) is 1. The van der Waals surface area contributed by atoms with Crippen molar-refractivity contribution in [3.63, 3.8) is 0 Å². The molecule has 1 amide bonds. The monoisotopic (exact) mass is 447 g/mol. The van der Waals surface area contributed by atoms with Gasteiger partial charge >= 0.3 is 5.97 Å². The summed E-state index contributed by atoms with van der Waals surface area (Å²) in [5.41, 5.74) is 1.08. The summed E-state index contributed by atoms with van der Waals surface area (Å²) in [5.74, 6) is -0.858. The lowest BCUT2D eigenvalue weighted by atomic mass is 10.1. The van der Waals surface area contributed by atoms with Crippen LogP contribution in [0.15, 0.2) is 89.3 Å². The number of hydrogen-bond donors (Lipinski definition) is 2. The first-order valence-electron chi connectivity index (χ1n) is 9.19. The fourth-order valence-electron chi connectivity index (χ4n) is 2.61. The van der Waals surface area contributed by atoms with E-state index in [4.69, 9.17) is 9.88 Å². The Labute approximate surface area is 184 Å². The molecule has 0 fully saturated rings. The second kappa shape index (κ2) is 9.70. The van der Waals surface area contributed by atoms with Crippen LogP contribution in [0.2, 0.25) is 0 Å². The minimum absolute atomic E-state index is 0.0976. The van der Waals surface area contributed by atoms with Crippen LogP contribution in [0.4, 0.5) is 5.69 Å². The van der Waals surface area contributed by atoms with Crippen molar-refractivity contribution in [2.24, 2.45) is 5.14 Å². The van der Waals surface area contributed by atoms with Crippen molar-refractivity contribution in [3.05, 3.63) is 95.6 Å². The number of nitrogens with one attached hydrogen (secondary N) is 1. The highest BCUT2D eigenvalue weighted by atomic mass is 32.2. The van der Waals surface area contributed by atoms with Crippen molar-refractivity contribution in [2.45, 2.75) is 4.90 Å². The molecule has 0 aliphatic carbocycles. The van der Waals surface area contributed by atoms with E-state index in [2.05, 4.69) is 5.32 Å². The van der Waals surface area contributed by atoms with Crippen LogP contribution >= 0.6 is 0 Å². The quantitative estimate of drug-likeness (QED) is 0.258. The maximum atomic E-state index is 12.4. The van der Waals surface area contributed by atoms with Crippen molar-refractivity contribution in [3.8, 4) is 11.8 Å². The average molecular weight is 447 g/mol. The molecular weight excluding hydrogens is 430 g/mol. The fraction of sp³-hybridized carbons (Fsp3) is 0. The van der Waals surface area contributed by atoms with Gasteiger partial charge in [0.25, 0.3) is 5.91 Å². The van der Waals surface area contributed by atoms with Crippen molar-refractivity contribution >= 4 is 33.7 Å². The molecule has 0 atom stereocenters. The molecule has 32 heavy (non-hydrogen) atoms. The molecule has 160 valence electrons. The van der Waals surface area contributed by atoms with E-state index in [0.29, 0.717) is 22.6 Å². The summed E-state index contributed by atoms with van der Waals surface area (Å²) in [5, 5.41) is 16.9. The lowest BCUT2D eigenvalue weighted by molar-refractivity contribution is -0.112. The van der Waals surface area contributed by atoms with Gasteiger partial charge in [0.1, 0.15) is 17.4 Å². The van der Waals surface area contributed by atoms with Gasteiger partial charge in [-0.2, -0.15) is 5.26 Å². The zero-order chi connectivity index (χ0) is 23.1. The van der Waals surface area contributed by atoms with Crippen LogP contribution in [0.25, 0.3) is 6.08 Å². The summed E-state index contributed by atoms with van der Waals surface area (Å²) < 4.78 is 27.9. The number of amides is 1. The van der Waals surface area contributed by atoms with Gasteiger partial charge in [-0.25, -0.2) is 18.4 Å². The number of anilines is 1. The van der Waals surface area contributed by atoms with E-state index in [9.17, 15) is 23.3 Å². The number of rotatable bonds is 6. The molecule has 0 aromatic heterocycles. The predicted octanol–water partition coefficient (Wildman–Crippen LogP) is 3.10. The third-order valence-electron chi connectivity index (χ3n) is 4.22. The Morgan fingerprint density at radius 3 is 2.12 bits per heavy atom. The normalized spacial score (nSPS) is 11.3. The van der Waals surface area contributed by atoms with Crippen molar-refractivity contribution in [1.82, 2.24) is 0 Å². The Balaban J connectivity index is 1.68. The standard InChI is InChI=1S/C23H17N3O5S/c24-15-18(22(27)26-19-8-12-21(13-9-19)32(25,29)30)14-16-6-10-20(11-7-16)31-23(28)17-4-2-1-3-5-17/h1-14H,(H,26,27)(H2,25,29,30). The fourth-order valence-corrected chi connectivity index (χ4v) is 3.13. The first-order valence-corrected chi connectivity index (χ1v) is 10.7. The molecule has 3 rings (SSSR count). The highest BCUT2D eigenvalue weighted by molar-refractivity contribution is 7.89. The molecule has 3 aromatic rings. The summed E-state index contributed by atoms with van der Waals surface area (Å²) >= 11 is 0. The number of nitriles is 1. The van der Waals surface area contributed by atoms with Gasteiger partial charge in [-0.05, 0) is 60.2 Å². The molecule has 9 heteroatoms. The highest BCUT2D eigenvalue weighted by Gasteiger charge is 2.12. The molecule has 0 unspecified atom stereocenters. The molecule has 3 N–H and O–H groups in total. The summed E-state index contributed by atoms with van der Waals surface area (Å²) in [6, 6.07) is 21.9. The zero-order valence-electron chi connectivity index (χ0n) is 16.6. The van der Waals surface area contributed by atoms with E-state index in [-0.39, 0.29) is 10.5 Å². The molecule has 0 saturated carbocycles. The molecule has 0 aliphatic rings. The Morgan fingerprint density at radius 1 is 0.938 bits per heavy atom. The SMILES string of the molecule is N#CC(=Cc1ccc(OC(=O)c2ccccc2)cc1)C(=O)Nc1ccc(S(N)(=O)=O)cc1. The largest absolute Gasteiger partial charge is 0.423 e. The third kappa shape index (κ3) is 5.89. The first kappa shape index (κ1) is 22.4. The van der Waals surface area contributed by atoms with Gasteiger partial charge in [0.2, 0.25) is 10.0 Å². The lowest BCUT2D eigenvalue weighted by Crippen LogP contribution is -2.14. The number of sulfonamides is 1. The van der Waals surface area contributed by atoms with E-state index < -0.39 is 21.9 Å². The van der Waals surface area contributed by atoms with Crippen molar-refractivity contribution in [2.75, 3.05) is 5.32 Å². The van der Waals surface area contributed by atoms with Gasteiger partial charge < -0.3 is 10.1 Å². The zero-order valence-corrected chi connectivity index (χ0v) is 17.4. The number of ether oxygens (including phenoxy) is 1. The van der Waals surface area contributed by atoms with Crippen LogP contribution in [0.5, 0.6) is 5.75 Å². The average Bonchev–Trinajstić information content (AvgIpc) is 2.78. The molecule has 0 aliphatic heterocycles. The molecule has 0 radical (unpaired) electrons. The topological polar surface area (TPSA) is 139 Å². The second-order valence-electron chi connectivity index (χ2n) is 6.52. The number of benzene rings is 3. The Hall–Kier alpha value is -4.26. The van der Waals surface area contributed by atoms with E-state index in [1.807, 2.05) is 6.07 Å². The van der Waals surface area contributed by atoms with Gasteiger partial charge in [0, 0.05) is 5.69 Å². The smallest absolute Gasteiger partial charge is 0.343 e. The number of hydrogen-bond acceptors (Lipinski definition) is 6. The van der Waals surface area contributed by atoms with Crippen LogP contribution < -0.4 is 15.2 Å². The maximum absolute atomic E-state index is 12.4. The maximum Gasteiger partial charge on any atom is 0.343 e. The summed E-state index contributed by atoms with van der Waals surface area (Å²) in [6.45, 7) is 0. The van der Waals surface area contributed by atoms with Crippen LogP contribution in [0.1, 0.15) is 15.9 Å². The van der Waals surface area contributed by atoms with Crippen LogP contribution in [0, 0.1) is 11.3 Å². The van der Waals surface area contributed by atoms with Gasteiger partial charge in [-0.15, -0.1) is 0 Å². The van der Waals surface area contributed by atoms with E-state index >= 15 is 0 Å². The molecule has 8 nitrogen and oxygen atoms in total. The van der Waals surface area contributed by atoms with Gasteiger partial charge in [0.05, 0.1) is 10.5 Å². The summed E-state index contributed by atoms with van der Waals surface area (Å²) in [7, 11) is -3.84. The number of primary sulfonamides is 1. The minimum Gasteiger partial charge on any atom is -0.423 e. The number of nitrogens with zero attached hydrogens (tertiary/aromatic N) is 1. The predicted molar refractivity (Wildman–Crippen MR) is 118 cm³/mol. The van der Waals surface area contributed by atoms with E-state index in [0.717, 1.165) is 0 Å². The first-order chi connectivity index (χ1) is 15.3. The Kier molecular flexibility index (Phi) is 6.80. The molecule has 0 saturated heterocycles. The molecule has 3 aromatic carbocycles. The molecule has 0 bridgehead atoms. The molecule has 0 spiro atoms. The van der Waals surface area contributed by atoms with E-state index in [1.54, 1.807) is 54.6 Å². The Bertz CT molecular complexity index is 1310. The lowest BCUT2D eigenvalue weighted by Gasteiger charge is -2.06.